The molecule has 0 aromatic heterocycles. The van der Waals surface area contributed by atoms with Crippen LogP contribution in [0.1, 0.15) is 96.8 Å². The maximum Gasteiger partial charge on any atom is 0.305 e. The average molecular weight is 357 g/mol. The summed E-state index contributed by atoms with van der Waals surface area (Å²) < 4.78 is 4.86. The topological polar surface area (TPSA) is 66.8 Å². The van der Waals surface area contributed by atoms with Crippen LogP contribution in [0.25, 0.3) is 0 Å². The highest BCUT2D eigenvalue weighted by Gasteiger charge is 2.07. The van der Waals surface area contributed by atoms with Crippen LogP contribution in [0.4, 0.5) is 0 Å². The lowest BCUT2D eigenvalue weighted by Crippen LogP contribution is -2.21. The Labute approximate surface area is 154 Å². The first kappa shape index (κ1) is 24.1. The van der Waals surface area contributed by atoms with E-state index in [1.807, 2.05) is 0 Å². The van der Waals surface area contributed by atoms with Crippen LogP contribution >= 0.6 is 0 Å². The minimum Gasteiger partial charge on any atom is -0.463 e. The third-order valence-electron chi connectivity index (χ3n) is 4.29. The number of aliphatic hydroxyl groups excluding tert-OH is 2. The van der Waals surface area contributed by atoms with E-state index < -0.39 is 6.10 Å². The molecule has 0 unspecified atom stereocenters. The molecule has 0 aliphatic rings. The predicted octanol–water partition coefficient (Wildman–Crippen LogP) is 4.92. The fraction of sp³-hybridized carbons (Fsp3) is 0.857. The molecule has 0 rings (SSSR count). The van der Waals surface area contributed by atoms with Crippen molar-refractivity contribution < 1.29 is 19.7 Å². The number of carbonyl (C=O) groups excluding carboxylic acids is 1. The van der Waals surface area contributed by atoms with Gasteiger partial charge in [0.2, 0.25) is 0 Å². The van der Waals surface area contributed by atoms with E-state index in [-0.39, 0.29) is 19.2 Å². The molecular weight excluding hydrogens is 316 g/mol. The third kappa shape index (κ3) is 19.3. The van der Waals surface area contributed by atoms with Gasteiger partial charge in [0, 0.05) is 6.42 Å². The molecule has 1 atom stereocenters. The van der Waals surface area contributed by atoms with Gasteiger partial charge in [-0.1, -0.05) is 70.4 Å². The largest absolute Gasteiger partial charge is 0.463 e. The number of esters is 1. The van der Waals surface area contributed by atoms with Gasteiger partial charge in [-0.15, -0.1) is 0 Å². The van der Waals surface area contributed by atoms with Gasteiger partial charge in [0.05, 0.1) is 6.61 Å². The van der Waals surface area contributed by atoms with Crippen LogP contribution in [0.3, 0.4) is 0 Å². The zero-order chi connectivity index (χ0) is 18.6. The summed E-state index contributed by atoms with van der Waals surface area (Å²) in [5, 5.41) is 17.7. The molecule has 0 aromatic rings. The molecule has 25 heavy (non-hydrogen) atoms. The molecule has 4 nitrogen and oxygen atoms in total. The number of ether oxygens (including phenoxy) is 1. The molecule has 2 N–H and O–H groups in total. The first-order valence-corrected chi connectivity index (χ1v) is 10.3. The molecule has 0 heterocycles. The van der Waals surface area contributed by atoms with Gasteiger partial charge < -0.3 is 14.9 Å². The summed E-state index contributed by atoms with van der Waals surface area (Å²) in [6.45, 7) is 1.77. The summed E-state index contributed by atoms with van der Waals surface area (Å²) in [4.78, 5) is 11.4. The lowest BCUT2D eigenvalue weighted by atomic mass is 10.1. The zero-order valence-corrected chi connectivity index (χ0v) is 16.3. The van der Waals surface area contributed by atoms with Crippen molar-refractivity contribution in [2.75, 3.05) is 13.2 Å². The number of carbonyl (C=O) groups is 1. The van der Waals surface area contributed by atoms with Crippen LogP contribution in [0, 0.1) is 0 Å². The normalized spacial score (nSPS) is 12.6. The lowest BCUT2D eigenvalue weighted by Gasteiger charge is -2.08. The molecule has 0 bridgehead atoms. The Balaban J connectivity index is 3.21. The Hall–Kier alpha value is -0.870. The fourth-order valence-electron chi connectivity index (χ4n) is 2.65. The minimum atomic E-state index is -0.958. The summed E-state index contributed by atoms with van der Waals surface area (Å²) in [6.07, 6.45) is 20.1. The van der Waals surface area contributed by atoms with Crippen molar-refractivity contribution in [2.45, 2.75) is 103 Å². The smallest absolute Gasteiger partial charge is 0.305 e. The van der Waals surface area contributed by atoms with Crippen molar-refractivity contribution in [3.63, 3.8) is 0 Å². The van der Waals surface area contributed by atoms with E-state index in [1.165, 1.54) is 70.6 Å². The van der Waals surface area contributed by atoms with E-state index in [2.05, 4.69) is 19.1 Å². The van der Waals surface area contributed by atoms with Gasteiger partial charge in [0.25, 0.3) is 0 Å². The Morgan fingerprint density at radius 3 is 1.96 bits per heavy atom. The maximum atomic E-state index is 11.4. The Morgan fingerprint density at radius 2 is 1.40 bits per heavy atom. The summed E-state index contributed by atoms with van der Waals surface area (Å²) >= 11 is 0. The van der Waals surface area contributed by atoms with Gasteiger partial charge in [0.1, 0.15) is 12.7 Å². The second kappa shape index (κ2) is 19.5. The zero-order valence-electron chi connectivity index (χ0n) is 16.3. The van der Waals surface area contributed by atoms with Crippen LogP contribution in [0.15, 0.2) is 12.2 Å². The third-order valence-corrected chi connectivity index (χ3v) is 4.29. The van der Waals surface area contributed by atoms with Crippen LogP contribution < -0.4 is 0 Å². The number of aliphatic hydroxyl groups is 2. The van der Waals surface area contributed by atoms with Crippen molar-refractivity contribution in [1.82, 2.24) is 0 Å². The van der Waals surface area contributed by atoms with Crippen molar-refractivity contribution in [3.05, 3.63) is 12.2 Å². The molecule has 0 saturated carbocycles. The van der Waals surface area contributed by atoms with Gasteiger partial charge in [-0.2, -0.15) is 0 Å². The Morgan fingerprint density at radius 1 is 0.880 bits per heavy atom. The van der Waals surface area contributed by atoms with Crippen molar-refractivity contribution in [3.8, 4) is 0 Å². The summed E-state index contributed by atoms with van der Waals surface area (Å²) in [5.41, 5.74) is 0. The first-order valence-electron chi connectivity index (χ1n) is 10.3. The summed E-state index contributed by atoms with van der Waals surface area (Å²) in [7, 11) is 0. The SMILES string of the molecule is CCCCCCC=CCCCCCCCCCC(=O)OC[C@@H](O)CO. The van der Waals surface area contributed by atoms with Crippen LogP contribution in [0.5, 0.6) is 0 Å². The average Bonchev–Trinajstić information content (AvgIpc) is 2.62. The quantitative estimate of drug-likeness (QED) is 0.208. The van der Waals surface area contributed by atoms with Crippen molar-refractivity contribution in [1.29, 1.82) is 0 Å². The fourth-order valence-corrected chi connectivity index (χ4v) is 2.65. The van der Waals surface area contributed by atoms with Gasteiger partial charge in [0.15, 0.2) is 0 Å². The van der Waals surface area contributed by atoms with E-state index in [0.717, 1.165) is 12.8 Å². The van der Waals surface area contributed by atoms with E-state index in [1.54, 1.807) is 0 Å². The molecule has 148 valence electrons. The van der Waals surface area contributed by atoms with Crippen LogP contribution in [-0.2, 0) is 9.53 Å². The van der Waals surface area contributed by atoms with E-state index in [0.29, 0.717) is 6.42 Å². The summed E-state index contributed by atoms with van der Waals surface area (Å²) in [5.74, 6) is -0.283. The molecule has 0 fully saturated rings. The number of allylic oxidation sites excluding steroid dienone is 2. The molecule has 0 aliphatic heterocycles. The summed E-state index contributed by atoms with van der Waals surface area (Å²) in [6, 6.07) is 0. The number of hydrogen-bond donors (Lipinski definition) is 2. The van der Waals surface area contributed by atoms with E-state index in [4.69, 9.17) is 14.9 Å². The van der Waals surface area contributed by atoms with Gasteiger partial charge in [-0.3, -0.25) is 4.79 Å². The second-order valence-electron chi connectivity index (χ2n) is 6.85. The molecule has 0 saturated heterocycles. The van der Waals surface area contributed by atoms with Crippen molar-refractivity contribution in [2.24, 2.45) is 0 Å². The monoisotopic (exact) mass is 356 g/mol. The molecule has 0 aliphatic carbocycles. The van der Waals surface area contributed by atoms with E-state index in [9.17, 15) is 4.79 Å². The Kier molecular flexibility index (Phi) is 18.8. The molecular formula is C21H40O4. The van der Waals surface area contributed by atoms with Gasteiger partial charge in [-0.25, -0.2) is 0 Å². The standard InChI is InChI=1S/C21H40O4/c1-2-3-4-5-6-7-8-9-10-11-12-13-14-15-16-17-21(24)25-19-20(23)18-22/h7-8,20,22-23H,2-6,9-19H2,1H3/t20-/m0/s1. The Bertz CT molecular complexity index is 315. The highest BCUT2D eigenvalue weighted by molar-refractivity contribution is 5.69. The van der Waals surface area contributed by atoms with Gasteiger partial charge >= 0.3 is 5.97 Å². The van der Waals surface area contributed by atoms with Crippen LogP contribution in [0.2, 0.25) is 0 Å². The van der Waals surface area contributed by atoms with Crippen molar-refractivity contribution >= 4 is 5.97 Å². The number of hydrogen-bond acceptors (Lipinski definition) is 4. The van der Waals surface area contributed by atoms with Gasteiger partial charge in [-0.05, 0) is 32.1 Å². The molecule has 0 spiro atoms. The lowest BCUT2D eigenvalue weighted by molar-refractivity contribution is -0.147. The maximum absolute atomic E-state index is 11.4. The predicted molar refractivity (Wildman–Crippen MR) is 104 cm³/mol. The molecule has 0 amide bonds. The first-order chi connectivity index (χ1) is 12.2. The minimum absolute atomic E-state index is 0.109. The number of rotatable bonds is 18. The highest BCUT2D eigenvalue weighted by Crippen LogP contribution is 2.11. The second-order valence-corrected chi connectivity index (χ2v) is 6.85. The molecule has 4 heteroatoms. The molecule has 0 radical (unpaired) electrons. The highest BCUT2D eigenvalue weighted by atomic mass is 16.5. The number of unbranched alkanes of at least 4 members (excludes halogenated alkanes) is 11. The molecule has 0 aromatic carbocycles. The van der Waals surface area contributed by atoms with Crippen LogP contribution in [-0.4, -0.2) is 35.5 Å². The van der Waals surface area contributed by atoms with E-state index >= 15 is 0 Å².